The van der Waals surface area contributed by atoms with Gasteiger partial charge in [-0.3, -0.25) is 4.79 Å². The molecule has 3 saturated heterocycles. The zero-order chi connectivity index (χ0) is 42.7. The van der Waals surface area contributed by atoms with Gasteiger partial charge in [-0.2, -0.15) is 0 Å². The van der Waals surface area contributed by atoms with E-state index in [1.807, 2.05) is 46.7 Å². The zero-order valence-corrected chi connectivity index (χ0v) is 37.2. The highest BCUT2D eigenvalue weighted by Gasteiger charge is 2.51. The van der Waals surface area contributed by atoms with Crippen molar-refractivity contribution in [2.24, 2.45) is 23.2 Å². The first-order valence-corrected chi connectivity index (χ1v) is 21.0. The quantitative estimate of drug-likeness (QED) is 0.214. The van der Waals surface area contributed by atoms with E-state index in [0.717, 1.165) is 13.0 Å². The van der Waals surface area contributed by atoms with Gasteiger partial charge in [-0.1, -0.05) is 41.5 Å². The number of hydrogen-bond acceptors (Lipinski definition) is 14. The monoisotopic (exact) mass is 805 g/mol. The second-order valence-electron chi connectivity index (χ2n) is 19.3. The van der Waals surface area contributed by atoms with E-state index in [1.54, 1.807) is 27.7 Å². The first kappa shape index (κ1) is 49.4. The fourth-order valence-electron chi connectivity index (χ4n) is 8.83. The summed E-state index contributed by atoms with van der Waals surface area (Å²) in [6.45, 7) is 23.8. The molecule has 0 amide bonds. The van der Waals surface area contributed by atoms with Crippen LogP contribution in [0.2, 0.25) is 0 Å². The molecular weight excluding hydrogens is 724 g/mol. The van der Waals surface area contributed by atoms with E-state index in [2.05, 4.69) is 25.7 Å². The number of aliphatic hydroxyl groups excluding tert-OH is 4. The van der Waals surface area contributed by atoms with E-state index < -0.39 is 96.5 Å². The molecule has 3 heterocycles. The van der Waals surface area contributed by atoms with Gasteiger partial charge in [-0.15, -0.1) is 0 Å². The summed E-state index contributed by atoms with van der Waals surface area (Å²) in [5.41, 5.74) is -2.71. The van der Waals surface area contributed by atoms with Crippen molar-refractivity contribution in [3.05, 3.63) is 0 Å². The Morgan fingerprint density at radius 2 is 1.57 bits per heavy atom. The van der Waals surface area contributed by atoms with Crippen LogP contribution in [0, 0.1) is 23.2 Å². The molecule has 3 aliphatic rings. The van der Waals surface area contributed by atoms with Crippen LogP contribution in [0.15, 0.2) is 0 Å². The standard InChI is InChI=1S/C42H80N2O12/c1-16-31-42(12,50)36(47)27(6)44(14)22-23(2)19-30(45)35(56-39-33(46)29(20-24(3)52-39)43(13)18-17-40(8,9)10)25(4)34(26(5)38(49)54-31)55-32-21-41(11,51-15)37(48)28(7)53-32/h23-37,39,45-48,50H,16-22H2,1-15H3/t23-,24-,25+,26-,27-,28+,29+,30-,31-,32?,33-,34+,35-,36-,37+,39+,41-,42-/m1/s1. The predicted molar refractivity (Wildman–Crippen MR) is 213 cm³/mol. The molecule has 0 bridgehead atoms. The van der Waals surface area contributed by atoms with Gasteiger partial charge < -0.3 is 63.8 Å². The first-order valence-electron chi connectivity index (χ1n) is 21.0. The van der Waals surface area contributed by atoms with Gasteiger partial charge in [0, 0.05) is 38.1 Å². The Morgan fingerprint density at radius 1 is 0.946 bits per heavy atom. The summed E-state index contributed by atoms with van der Waals surface area (Å²) < 4.78 is 37.8. The minimum absolute atomic E-state index is 0.106. The molecular formula is C42H80N2O12. The van der Waals surface area contributed by atoms with Gasteiger partial charge in [0.15, 0.2) is 12.6 Å². The molecule has 1 unspecified atom stereocenters. The van der Waals surface area contributed by atoms with Crippen molar-refractivity contribution in [1.29, 1.82) is 0 Å². The van der Waals surface area contributed by atoms with Crippen LogP contribution in [0.1, 0.15) is 115 Å². The van der Waals surface area contributed by atoms with Crippen LogP contribution >= 0.6 is 0 Å². The van der Waals surface area contributed by atoms with Crippen LogP contribution in [0.5, 0.6) is 0 Å². The van der Waals surface area contributed by atoms with E-state index in [1.165, 1.54) is 14.0 Å². The molecule has 0 saturated carbocycles. The molecule has 0 spiro atoms. The fourth-order valence-corrected chi connectivity index (χ4v) is 8.83. The lowest BCUT2D eigenvalue weighted by molar-refractivity contribution is -0.311. The topological polar surface area (TPSA) is 180 Å². The highest BCUT2D eigenvalue weighted by Crippen LogP contribution is 2.38. The number of rotatable bonds is 9. The van der Waals surface area contributed by atoms with Gasteiger partial charge in [0.25, 0.3) is 0 Å². The van der Waals surface area contributed by atoms with Gasteiger partial charge in [-0.25, -0.2) is 0 Å². The van der Waals surface area contributed by atoms with Crippen LogP contribution in [0.4, 0.5) is 0 Å². The highest BCUT2D eigenvalue weighted by atomic mass is 16.7. The fraction of sp³-hybridized carbons (Fsp3) is 0.976. The number of cyclic esters (lactones) is 1. The number of carbonyl (C=O) groups excluding carboxylic acids is 1. The molecule has 330 valence electrons. The summed E-state index contributed by atoms with van der Waals surface area (Å²) in [5, 5.41) is 58.3. The minimum Gasteiger partial charge on any atom is -0.459 e. The predicted octanol–water partition coefficient (Wildman–Crippen LogP) is 3.32. The molecule has 56 heavy (non-hydrogen) atoms. The highest BCUT2D eigenvalue weighted by molar-refractivity contribution is 5.73. The molecule has 5 N–H and O–H groups in total. The zero-order valence-electron chi connectivity index (χ0n) is 37.2. The summed E-state index contributed by atoms with van der Waals surface area (Å²) in [7, 11) is 5.36. The van der Waals surface area contributed by atoms with Gasteiger partial charge in [0.1, 0.15) is 30.0 Å². The minimum atomic E-state index is -1.80. The second-order valence-corrected chi connectivity index (χ2v) is 19.3. The maximum absolute atomic E-state index is 14.2. The third kappa shape index (κ3) is 12.1. The van der Waals surface area contributed by atoms with Gasteiger partial charge in [0.05, 0.1) is 42.0 Å². The van der Waals surface area contributed by atoms with Crippen LogP contribution < -0.4 is 0 Å². The molecule has 0 radical (unpaired) electrons. The van der Waals surface area contributed by atoms with Crippen LogP contribution in [-0.4, -0.2) is 166 Å². The lowest BCUT2D eigenvalue weighted by Gasteiger charge is -2.47. The summed E-state index contributed by atoms with van der Waals surface area (Å²) >= 11 is 0. The van der Waals surface area contributed by atoms with E-state index in [4.69, 9.17) is 28.4 Å². The third-order valence-corrected chi connectivity index (χ3v) is 13.0. The van der Waals surface area contributed by atoms with E-state index in [0.29, 0.717) is 13.0 Å². The molecule has 18 atom stereocenters. The number of ether oxygens (including phenoxy) is 6. The number of nitrogens with zero attached hydrogens (tertiary/aromatic N) is 2. The molecule has 0 aromatic heterocycles. The number of hydrogen-bond donors (Lipinski definition) is 5. The number of carbonyl (C=O) groups is 1. The van der Waals surface area contributed by atoms with Gasteiger partial charge in [0.2, 0.25) is 0 Å². The first-order chi connectivity index (χ1) is 25.8. The summed E-state index contributed by atoms with van der Waals surface area (Å²) in [6.07, 6.45) is -8.25. The lowest BCUT2D eigenvalue weighted by Crippen LogP contribution is -2.59. The summed E-state index contributed by atoms with van der Waals surface area (Å²) in [4.78, 5) is 18.3. The van der Waals surface area contributed by atoms with E-state index >= 15 is 0 Å². The van der Waals surface area contributed by atoms with Crippen molar-refractivity contribution < 1.29 is 58.7 Å². The number of esters is 1. The second kappa shape index (κ2) is 20.0. The Balaban J connectivity index is 2.11. The molecule has 14 heteroatoms. The maximum atomic E-state index is 14.2. The molecule has 3 aliphatic heterocycles. The summed E-state index contributed by atoms with van der Waals surface area (Å²) in [6, 6.07) is -0.798. The molecule has 3 fully saturated rings. The Kier molecular flexibility index (Phi) is 17.7. The van der Waals surface area contributed by atoms with Crippen molar-refractivity contribution in [2.45, 2.75) is 206 Å². The maximum Gasteiger partial charge on any atom is 0.311 e. The number of likely N-dealkylation sites (N-methyl/N-ethyl adjacent to an activating group) is 2. The number of methoxy groups -OCH3 is 1. The molecule has 0 aliphatic carbocycles. The average Bonchev–Trinajstić information content (AvgIpc) is 3.11. The Labute approximate surface area is 337 Å². The van der Waals surface area contributed by atoms with Crippen LogP contribution in [0.25, 0.3) is 0 Å². The molecule has 0 aromatic rings. The lowest BCUT2D eigenvalue weighted by atomic mass is 9.83. The SMILES string of the molecule is CC[C@H]1OC(=O)[C@H](C)[C@@H](OC2C[C@@](C)(OC)[C@@H](O)[C@H](C)O2)[C@H](C)[C@@H](O[C@@H]2O[C@H](C)C[C@H](N(C)CCC(C)(C)C)[C@H]2O)[C@H](O)C[C@@H](C)CN(C)[C@H](C)[C@@H](O)[C@]1(C)O. The summed E-state index contributed by atoms with van der Waals surface area (Å²) in [5.74, 6) is -2.52. The van der Waals surface area contributed by atoms with Crippen molar-refractivity contribution in [1.82, 2.24) is 9.80 Å². The van der Waals surface area contributed by atoms with Crippen LogP contribution in [-0.2, 0) is 33.2 Å². The van der Waals surface area contributed by atoms with Crippen molar-refractivity contribution >= 4 is 5.97 Å². The van der Waals surface area contributed by atoms with Gasteiger partial charge in [-0.05, 0) is 99.2 Å². The third-order valence-electron chi connectivity index (χ3n) is 13.0. The molecule has 3 rings (SSSR count). The largest absolute Gasteiger partial charge is 0.459 e. The normalized spacial score (nSPS) is 45.9. The van der Waals surface area contributed by atoms with Crippen molar-refractivity contribution in [3.8, 4) is 0 Å². The van der Waals surface area contributed by atoms with Crippen molar-refractivity contribution in [2.75, 3.05) is 34.3 Å². The van der Waals surface area contributed by atoms with Crippen molar-refractivity contribution in [3.63, 3.8) is 0 Å². The Hall–Kier alpha value is -1.01. The Morgan fingerprint density at radius 3 is 2.14 bits per heavy atom. The molecule has 14 nitrogen and oxygen atoms in total. The van der Waals surface area contributed by atoms with Gasteiger partial charge >= 0.3 is 5.97 Å². The van der Waals surface area contributed by atoms with E-state index in [-0.39, 0.29) is 42.7 Å². The average molecular weight is 805 g/mol. The van der Waals surface area contributed by atoms with Crippen LogP contribution in [0.3, 0.4) is 0 Å². The van der Waals surface area contributed by atoms with E-state index in [9.17, 15) is 30.3 Å². The molecule has 0 aromatic carbocycles. The number of aliphatic hydroxyl groups is 5. The Bertz CT molecular complexity index is 1220. The smallest absolute Gasteiger partial charge is 0.311 e.